The standard InChI is InChI=1S/C10H10O3/c11-10(12)13-9-6-5-7-3-1-2-4-8(7)9/h1-4,9H,5-6H2,(H,11,12)/t9-/m0/s1. The highest BCUT2D eigenvalue weighted by atomic mass is 16.7. The zero-order valence-electron chi connectivity index (χ0n) is 7.06. The molecule has 0 saturated carbocycles. The molecule has 0 bridgehead atoms. The number of aryl methyl sites for hydroxylation is 1. The Balaban J connectivity index is 2.23. The summed E-state index contributed by atoms with van der Waals surface area (Å²) < 4.78 is 4.75. The number of ether oxygens (including phenoxy) is 1. The second-order valence-corrected chi connectivity index (χ2v) is 3.11. The number of benzene rings is 1. The van der Waals surface area contributed by atoms with Gasteiger partial charge < -0.3 is 9.84 Å². The van der Waals surface area contributed by atoms with Crippen LogP contribution in [0.3, 0.4) is 0 Å². The summed E-state index contributed by atoms with van der Waals surface area (Å²) in [6.45, 7) is 0. The lowest BCUT2D eigenvalue weighted by atomic mass is 10.1. The molecule has 0 spiro atoms. The first-order valence-electron chi connectivity index (χ1n) is 4.25. The second kappa shape index (κ2) is 3.09. The van der Waals surface area contributed by atoms with Gasteiger partial charge in [-0.3, -0.25) is 0 Å². The van der Waals surface area contributed by atoms with Crippen LogP contribution in [-0.2, 0) is 11.2 Å². The molecular weight excluding hydrogens is 168 g/mol. The molecule has 0 radical (unpaired) electrons. The Kier molecular flexibility index (Phi) is 1.93. The fourth-order valence-electron chi connectivity index (χ4n) is 1.76. The quantitative estimate of drug-likeness (QED) is 0.671. The molecule has 0 amide bonds. The molecule has 1 aromatic rings. The molecule has 1 aliphatic rings. The number of fused-ring (bicyclic) bond motifs is 1. The third-order valence-electron chi connectivity index (χ3n) is 2.32. The third-order valence-corrected chi connectivity index (χ3v) is 2.32. The van der Waals surface area contributed by atoms with Crippen LogP contribution in [0, 0.1) is 0 Å². The first kappa shape index (κ1) is 8.10. The predicted molar refractivity (Wildman–Crippen MR) is 46.6 cm³/mol. The molecule has 0 fully saturated rings. The van der Waals surface area contributed by atoms with Gasteiger partial charge in [-0.25, -0.2) is 4.79 Å². The monoisotopic (exact) mass is 178 g/mol. The van der Waals surface area contributed by atoms with E-state index in [-0.39, 0.29) is 6.10 Å². The van der Waals surface area contributed by atoms with Gasteiger partial charge in [0, 0.05) is 0 Å². The Labute approximate surface area is 76.0 Å². The van der Waals surface area contributed by atoms with Crippen molar-refractivity contribution in [2.24, 2.45) is 0 Å². The molecule has 1 N–H and O–H groups in total. The summed E-state index contributed by atoms with van der Waals surface area (Å²) in [5.41, 5.74) is 2.22. The Morgan fingerprint density at radius 1 is 1.46 bits per heavy atom. The molecule has 1 atom stereocenters. The Morgan fingerprint density at radius 2 is 2.23 bits per heavy atom. The van der Waals surface area contributed by atoms with Crippen molar-refractivity contribution in [1.82, 2.24) is 0 Å². The Hall–Kier alpha value is -1.51. The van der Waals surface area contributed by atoms with Crippen molar-refractivity contribution in [3.8, 4) is 0 Å². The van der Waals surface area contributed by atoms with E-state index in [9.17, 15) is 4.79 Å². The molecule has 2 rings (SSSR count). The predicted octanol–water partition coefficient (Wildman–Crippen LogP) is 2.37. The topological polar surface area (TPSA) is 46.5 Å². The van der Waals surface area contributed by atoms with E-state index in [0.717, 1.165) is 18.4 Å². The van der Waals surface area contributed by atoms with Crippen molar-refractivity contribution < 1.29 is 14.6 Å². The molecule has 68 valence electrons. The van der Waals surface area contributed by atoms with Gasteiger partial charge in [-0.15, -0.1) is 0 Å². The Bertz CT molecular complexity index is 333. The van der Waals surface area contributed by atoms with Gasteiger partial charge in [-0.05, 0) is 24.0 Å². The van der Waals surface area contributed by atoms with Crippen molar-refractivity contribution in [2.45, 2.75) is 18.9 Å². The van der Waals surface area contributed by atoms with E-state index in [0.29, 0.717) is 0 Å². The van der Waals surface area contributed by atoms with Crippen LogP contribution in [0.4, 0.5) is 4.79 Å². The van der Waals surface area contributed by atoms with E-state index in [4.69, 9.17) is 9.84 Å². The van der Waals surface area contributed by atoms with Gasteiger partial charge in [0.2, 0.25) is 0 Å². The van der Waals surface area contributed by atoms with Gasteiger partial charge in [0.15, 0.2) is 0 Å². The van der Waals surface area contributed by atoms with Crippen molar-refractivity contribution >= 4 is 6.16 Å². The van der Waals surface area contributed by atoms with E-state index < -0.39 is 6.16 Å². The molecule has 0 unspecified atom stereocenters. The van der Waals surface area contributed by atoms with E-state index in [1.165, 1.54) is 5.56 Å². The lowest BCUT2D eigenvalue weighted by Gasteiger charge is -2.09. The van der Waals surface area contributed by atoms with Gasteiger partial charge >= 0.3 is 6.16 Å². The van der Waals surface area contributed by atoms with E-state index in [1.54, 1.807) is 0 Å². The second-order valence-electron chi connectivity index (χ2n) is 3.11. The number of carboxylic acid groups (broad SMARTS) is 1. The third kappa shape index (κ3) is 1.49. The highest BCUT2D eigenvalue weighted by molar-refractivity contribution is 5.57. The van der Waals surface area contributed by atoms with E-state index in [1.807, 2.05) is 24.3 Å². The minimum Gasteiger partial charge on any atom is -0.450 e. The van der Waals surface area contributed by atoms with E-state index >= 15 is 0 Å². The van der Waals surface area contributed by atoms with Crippen LogP contribution in [0.15, 0.2) is 24.3 Å². The number of hydrogen-bond donors (Lipinski definition) is 1. The van der Waals surface area contributed by atoms with Crippen LogP contribution in [0.1, 0.15) is 23.7 Å². The maximum Gasteiger partial charge on any atom is 0.506 e. The van der Waals surface area contributed by atoms with Crippen LogP contribution in [-0.4, -0.2) is 11.3 Å². The fraction of sp³-hybridized carbons (Fsp3) is 0.300. The van der Waals surface area contributed by atoms with Gasteiger partial charge in [0.05, 0.1) is 0 Å². The first-order chi connectivity index (χ1) is 6.27. The average molecular weight is 178 g/mol. The summed E-state index contributed by atoms with van der Waals surface area (Å²) in [6, 6.07) is 7.81. The molecule has 1 aromatic carbocycles. The minimum atomic E-state index is -1.19. The lowest BCUT2D eigenvalue weighted by Crippen LogP contribution is -2.05. The van der Waals surface area contributed by atoms with Gasteiger partial charge in [-0.2, -0.15) is 0 Å². The average Bonchev–Trinajstić information content (AvgIpc) is 2.48. The largest absolute Gasteiger partial charge is 0.506 e. The fourth-order valence-corrected chi connectivity index (χ4v) is 1.76. The molecule has 0 aliphatic heterocycles. The molecule has 0 aromatic heterocycles. The van der Waals surface area contributed by atoms with Gasteiger partial charge in [0.25, 0.3) is 0 Å². The van der Waals surface area contributed by atoms with Gasteiger partial charge in [-0.1, -0.05) is 24.3 Å². The summed E-state index contributed by atoms with van der Waals surface area (Å²) in [7, 11) is 0. The van der Waals surface area contributed by atoms with Crippen LogP contribution in [0.5, 0.6) is 0 Å². The van der Waals surface area contributed by atoms with Crippen molar-refractivity contribution in [3.63, 3.8) is 0 Å². The summed E-state index contributed by atoms with van der Waals surface area (Å²) in [5.74, 6) is 0. The van der Waals surface area contributed by atoms with Crippen molar-refractivity contribution in [2.75, 3.05) is 0 Å². The number of hydrogen-bond acceptors (Lipinski definition) is 2. The highest BCUT2D eigenvalue weighted by Crippen LogP contribution is 2.33. The Morgan fingerprint density at radius 3 is 3.00 bits per heavy atom. The molecular formula is C10H10O3. The lowest BCUT2D eigenvalue weighted by molar-refractivity contribution is 0.0520. The number of rotatable bonds is 1. The smallest absolute Gasteiger partial charge is 0.450 e. The molecule has 0 saturated heterocycles. The molecule has 13 heavy (non-hydrogen) atoms. The van der Waals surface area contributed by atoms with Crippen LogP contribution in [0.2, 0.25) is 0 Å². The van der Waals surface area contributed by atoms with Crippen LogP contribution < -0.4 is 0 Å². The minimum absolute atomic E-state index is 0.256. The zero-order chi connectivity index (χ0) is 9.26. The number of carbonyl (C=O) groups is 1. The normalized spacial score (nSPS) is 19.5. The maximum absolute atomic E-state index is 10.3. The molecule has 0 heterocycles. The van der Waals surface area contributed by atoms with Crippen molar-refractivity contribution in [3.05, 3.63) is 35.4 Å². The van der Waals surface area contributed by atoms with Crippen LogP contribution >= 0.6 is 0 Å². The molecule has 3 heteroatoms. The van der Waals surface area contributed by atoms with Crippen LogP contribution in [0.25, 0.3) is 0 Å². The SMILES string of the molecule is O=C(O)O[C@H]1CCc2ccccc21. The summed E-state index contributed by atoms with van der Waals surface area (Å²) in [5, 5.41) is 8.48. The zero-order valence-corrected chi connectivity index (χ0v) is 7.06. The van der Waals surface area contributed by atoms with Gasteiger partial charge in [0.1, 0.15) is 6.10 Å². The highest BCUT2D eigenvalue weighted by Gasteiger charge is 2.24. The maximum atomic E-state index is 10.3. The molecule has 1 aliphatic carbocycles. The first-order valence-corrected chi connectivity index (χ1v) is 4.25. The molecule has 3 nitrogen and oxygen atoms in total. The van der Waals surface area contributed by atoms with Crippen molar-refractivity contribution in [1.29, 1.82) is 0 Å². The summed E-state index contributed by atoms with van der Waals surface area (Å²) in [6.07, 6.45) is 0.232. The van der Waals surface area contributed by atoms with E-state index in [2.05, 4.69) is 0 Å². The summed E-state index contributed by atoms with van der Waals surface area (Å²) in [4.78, 5) is 10.3. The summed E-state index contributed by atoms with van der Waals surface area (Å²) >= 11 is 0.